The molecule has 0 bridgehead atoms. The number of nitrogens with zero attached hydrogens (tertiary/aromatic N) is 2. The molecule has 28 heavy (non-hydrogen) atoms. The van der Waals surface area contributed by atoms with Crippen LogP contribution in [0.1, 0.15) is 11.1 Å². The summed E-state index contributed by atoms with van der Waals surface area (Å²) in [6, 6.07) is 22.7. The van der Waals surface area contributed by atoms with Crippen LogP contribution in [0.4, 0.5) is 10.1 Å². The number of methoxy groups -OCH3 is 1. The first-order valence-electron chi connectivity index (χ1n) is 8.75. The Kier molecular flexibility index (Phi) is 4.72. The number of carbonyl (C=O) groups is 1. The number of amidine groups is 1. The largest absolute Gasteiger partial charge is 0.497 e. The Morgan fingerprint density at radius 2 is 1.61 bits per heavy atom. The minimum atomic E-state index is -0.326. The quantitative estimate of drug-likeness (QED) is 0.625. The molecule has 0 N–H and O–H groups in total. The molecule has 0 atom stereocenters. The van der Waals surface area contributed by atoms with E-state index in [4.69, 9.17) is 4.74 Å². The van der Waals surface area contributed by atoms with E-state index in [0.29, 0.717) is 17.1 Å². The highest BCUT2D eigenvalue weighted by atomic mass is 19.1. The molecule has 5 heteroatoms. The van der Waals surface area contributed by atoms with Gasteiger partial charge in [0, 0.05) is 5.56 Å². The van der Waals surface area contributed by atoms with Gasteiger partial charge in [0.1, 0.15) is 23.1 Å². The van der Waals surface area contributed by atoms with E-state index in [9.17, 15) is 9.18 Å². The number of para-hydroxylation sites is 1. The second kappa shape index (κ2) is 7.48. The van der Waals surface area contributed by atoms with E-state index in [2.05, 4.69) is 4.99 Å². The van der Waals surface area contributed by atoms with Gasteiger partial charge in [0.2, 0.25) is 0 Å². The Morgan fingerprint density at radius 1 is 0.929 bits per heavy atom. The molecule has 3 aromatic rings. The maximum atomic E-state index is 13.2. The van der Waals surface area contributed by atoms with Crippen LogP contribution in [-0.4, -0.2) is 18.9 Å². The third-order valence-electron chi connectivity index (χ3n) is 4.40. The molecule has 0 unspecified atom stereocenters. The molecule has 0 spiro atoms. The summed E-state index contributed by atoms with van der Waals surface area (Å²) in [6.07, 6.45) is 1.66. The topological polar surface area (TPSA) is 41.9 Å². The Hall–Kier alpha value is -3.73. The van der Waals surface area contributed by atoms with Gasteiger partial charge in [-0.2, -0.15) is 0 Å². The molecular weight excluding hydrogens is 355 g/mol. The summed E-state index contributed by atoms with van der Waals surface area (Å²) < 4.78 is 18.4. The van der Waals surface area contributed by atoms with E-state index in [-0.39, 0.29) is 11.7 Å². The lowest BCUT2D eigenvalue weighted by Gasteiger charge is -2.18. The Morgan fingerprint density at radius 3 is 2.25 bits per heavy atom. The summed E-state index contributed by atoms with van der Waals surface area (Å²) in [4.78, 5) is 19.3. The van der Waals surface area contributed by atoms with E-state index in [0.717, 1.165) is 17.0 Å². The summed E-state index contributed by atoms with van der Waals surface area (Å²) in [5.74, 6) is 0.698. The molecule has 1 aliphatic heterocycles. The van der Waals surface area contributed by atoms with Crippen molar-refractivity contribution in [3.8, 4) is 5.75 Å². The third-order valence-corrected chi connectivity index (χ3v) is 4.40. The highest BCUT2D eigenvalue weighted by Gasteiger charge is 2.32. The Balaban J connectivity index is 1.79. The molecule has 1 heterocycles. The van der Waals surface area contributed by atoms with Gasteiger partial charge >= 0.3 is 0 Å². The van der Waals surface area contributed by atoms with E-state index in [1.54, 1.807) is 30.2 Å². The standard InChI is InChI=1S/C23H17FN2O2/c1-28-20-13-9-17(10-14-20)22-25-21(15-16-7-11-18(24)12-8-16)23(27)26(22)19-5-3-2-4-6-19/h2-15H,1H3. The normalized spacial score (nSPS) is 15.1. The number of anilines is 1. The van der Waals surface area contributed by atoms with Crippen molar-refractivity contribution in [2.75, 3.05) is 12.0 Å². The number of hydrogen-bond donors (Lipinski definition) is 0. The fourth-order valence-corrected chi connectivity index (χ4v) is 2.98. The van der Waals surface area contributed by atoms with E-state index in [1.807, 2.05) is 54.6 Å². The van der Waals surface area contributed by atoms with Gasteiger partial charge in [0.15, 0.2) is 0 Å². The molecule has 0 saturated heterocycles. The number of amides is 1. The molecule has 0 aromatic heterocycles. The van der Waals surface area contributed by atoms with Crippen molar-refractivity contribution in [3.05, 3.63) is 102 Å². The van der Waals surface area contributed by atoms with Crippen LogP contribution < -0.4 is 9.64 Å². The summed E-state index contributed by atoms with van der Waals surface area (Å²) in [6.45, 7) is 0. The van der Waals surface area contributed by atoms with Gasteiger partial charge < -0.3 is 4.74 Å². The van der Waals surface area contributed by atoms with Crippen molar-refractivity contribution >= 4 is 23.5 Å². The molecular formula is C23H17FN2O2. The first-order valence-corrected chi connectivity index (χ1v) is 8.75. The maximum Gasteiger partial charge on any atom is 0.282 e. The molecule has 138 valence electrons. The highest BCUT2D eigenvalue weighted by Crippen LogP contribution is 2.28. The van der Waals surface area contributed by atoms with Crippen LogP contribution in [0.25, 0.3) is 6.08 Å². The zero-order valence-electron chi connectivity index (χ0n) is 15.2. The van der Waals surface area contributed by atoms with Crippen molar-refractivity contribution in [2.24, 2.45) is 4.99 Å². The third kappa shape index (κ3) is 3.42. The Labute approximate surface area is 162 Å². The van der Waals surface area contributed by atoms with Crippen LogP contribution >= 0.6 is 0 Å². The van der Waals surface area contributed by atoms with Gasteiger partial charge in [0.05, 0.1) is 12.8 Å². The Bertz CT molecular complexity index is 1060. The fourth-order valence-electron chi connectivity index (χ4n) is 2.98. The number of carbonyl (C=O) groups excluding carboxylic acids is 1. The monoisotopic (exact) mass is 372 g/mol. The van der Waals surface area contributed by atoms with Crippen LogP contribution in [0.3, 0.4) is 0 Å². The number of halogens is 1. The average Bonchev–Trinajstić information content (AvgIpc) is 3.06. The smallest absolute Gasteiger partial charge is 0.282 e. The van der Waals surface area contributed by atoms with Gasteiger partial charge in [-0.15, -0.1) is 0 Å². The molecule has 1 aliphatic rings. The minimum absolute atomic E-state index is 0.235. The lowest BCUT2D eigenvalue weighted by atomic mass is 10.1. The van der Waals surface area contributed by atoms with E-state index >= 15 is 0 Å². The predicted octanol–water partition coefficient (Wildman–Crippen LogP) is 4.67. The molecule has 0 aliphatic carbocycles. The van der Waals surface area contributed by atoms with Gasteiger partial charge in [-0.05, 0) is 60.2 Å². The van der Waals surface area contributed by atoms with Gasteiger partial charge in [-0.25, -0.2) is 9.38 Å². The van der Waals surface area contributed by atoms with Gasteiger partial charge in [-0.3, -0.25) is 9.69 Å². The molecule has 3 aromatic carbocycles. The van der Waals surface area contributed by atoms with Gasteiger partial charge in [-0.1, -0.05) is 30.3 Å². The summed E-state index contributed by atoms with van der Waals surface area (Å²) in [5.41, 5.74) is 2.52. The molecule has 0 fully saturated rings. The second-order valence-electron chi connectivity index (χ2n) is 6.22. The minimum Gasteiger partial charge on any atom is -0.497 e. The van der Waals surface area contributed by atoms with Crippen LogP contribution in [0.15, 0.2) is 89.6 Å². The van der Waals surface area contributed by atoms with E-state index < -0.39 is 0 Å². The lowest BCUT2D eigenvalue weighted by Crippen LogP contribution is -2.32. The second-order valence-corrected chi connectivity index (χ2v) is 6.22. The zero-order valence-corrected chi connectivity index (χ0v) is 15.2. The SMILES string of the molecule is COc1ccc(C2=NC(=Cc3ccc(F)cc3)C(=O)N2c2ccccc2)cc1. The molecule has 4 nitrogen and oxygen atoms in total. The van der Waals surface area contributed by atoms with Crippen LogP contribution in [0.5, 0.6) is 5.75 Å². The molecule has 4 rings (SSSR count). The van der Waals surface area contributed by atoms with Crippen LogP contribution in [-0.2, 0) is 4.79 Å². The zero-order chi connectivity index (χ0) is 19.5. The molecule has 0 saturated carbocycles. The highest BCUT2D eigenvalue weighted by molar-refractivity contribution is 6.33. The summed E-state index contributed by atoms with van der Waals surface area (Å²) >= 11 is 0. The van der Waals surface area contributed by atoms with Gasteiger partial charge in [0.25, 0.3) is 5.91 Å². The van der Waals surface area contributed by atoms with E-state index in [1.165, 1.54) is 12.1 Å². The van der Waals surface area contributed by atoms with Crippen molar-refractivity contribution < 1.29 is 13.9 Å². The number of hydrogen-bond acceptors (Lipinski definition) is 3. The average molecular weight is 372 g/mol. The lowest BCUT2D eigenvalue weighted by molar-refractivity contribution is -0.113. The number of rotatable bonds is 4. The number of ether oxygens (including phenoxy) is 1. The predicted molar refractivity (Wildman–Crippen MR) is 108 cm³/mol. The van der Waals surface area contributed by atoms with Crippen molar-refractivity contribution in [2.45, 2.75) is 0 Å². The van der Waals surface area contributed by atoms with Crippen molar-refractivity contribution in [1.29, 1.82) is 0 Å². The van der Waals surface area contributed by atoms with Crippen LogP contribution in [0.2, 0.25) is 0 Å². The molecule has 0 radical (unpaired) electrons. The molecule has 1 amide bonds. The first-order chi connectivity index (χ1) is 13.7. The number of benzene rings is 3. The van der Waals surface area contributed by atoms with Crippen LogP contribution in [0, 0.1) is 5.82 Å². The fraction of sp³-hybridized carbons (Fsp3) is 0.0435. The number of aliphatic imine (C=N–C) groups is 1. The summed E-state index contributed by atoms with van der Waals surface area (Å²) in [7, 11) is 1.60. The summed E-state index contributed by atoms with van der Waals surface area (Å²) in [5, 5.41) is 0. The maximum absolute atomic E-state index is 13.2. The van der Waals surface area contributed by atoms with Crippen molar-refractivity contribution in [3.63, 3.8) is 0 Å². The first kappa shape index (κ1) is 17.7. The van der Waals surface area contributed by atoms with Crippen molar-refractivity contribution in [1.82, 2.24) is 0 Å².